The fourth-order valence-electron chi connectivity index (χ4n) is 1.59. The summed E-state index contributed by atoms with van der Waals surface area (Å²) in [5, 5.41) is 9.03. The summed E-state index contributed by atoms with van der Waals surface area (Å²) in [7, 11) is 1.67. The molecule has 0 bridgehead atoms. The van der Waals surface area contributed by atoms with E-state index in [1.165, 1.54) is 0 Å². The van der Waals surface area contributed by atoms with Crippen molar-refractivity contribution in [1.29, 1.82) is 0 Å². The Labute approximate surface area is 61.2 Å². The van der Waals surface area contributed by atoms with E-state index in [9.17, 15) is 0 Å². The van der Waals surface area contributed by atoms with Gasteiger partial charge in [0, 0.05) is 19.1 Å². The standard InChI is InChI=1S/C7H15NO2/c1-10-5-7(4-8)2-6(9)3-7/h6,9H,2-5,8H2,1H3. The lowest BCUT2D eigenvalue weighted by Gasteiger charge is -2.44. The second kappa shape index (κ2) is 2.86. The van der Waals surface area contributed by atoms with Crippen LogP contribution in [0.15, 0.2) is 0 Å². The van der Waals surface area contributed by atoms with Crippen LogP contribution in [-0.4, -0.2) is 31.5 Å². The Hall–Kier alpha value is -0.120. The minimum absolute atomic E-state index is 0.0914. The summed E-state index contributed by atoms with van der Waals surface area (Å²) in [6.45, 7) is 1.30. The number of aliphatic hydroxyl groups excluding tert-OH is 1. The molecule has 3 nitrogen and oxygen atoms in total. The zero-order chi connectivity index (χ0) is 7.61. The van der Waals surface area contributed by atoms with Gasteiger partial charge in [-0.2, -0.15) is 0 Å². The lowest BCUT2D eigenvalue weighted by atomic mass is 9.67. The summed E-state index contributed by atoms with van der Waals surface area (Å²) < 4.78 is 5.00. The minimum atomic E-state index is -0.140. The van der Waals surface area contributed by atoms with Gasteiger partial charge >= 0.3 is 0 Å². The normalized spacial score (nSPS) is 39.3. The monoisotopic (exact) mass is 145 g/mol. The topological polar surface area (TPSA) is 55.5 Å². The highest BCUT2D eigenvalue weighted by Gasteiger charge is 2.42. The molecule has 0 radical (unpaired) electrons. The van der Waals surface area contributed by atoms with Crippen molar-refractivity contribution in [3.05, 3.63) is 0 Å². The third-order valence-corrected chi connectivity index (χ3v) is 2.22. The van der Waals surface area contributed by atoms with E-state index in [1.54, 1.807) is 7.11 Å². The number of nitrogens with two attached hydrogens (primary N) is 1. The molecule has 1 saturated carbocycles. The molecule has 1 aliphatic carbocycles. The molecule has 10 heavy (non-hydrogen) atoms. The summed E-state index contributed by atoms with van der Waals surface area (Å²) in [5.41, 5.74) is 5.62. The first-order valence-corrected chi connectivity index (χ1v) is 3.59. The smallest absolute Gasteiger partial charge is 0.0553 e. The SMILES string of the molecule is COCC1(CN)CC(O)C1. The maximum Gasteiger partial charge on any atom is 0.0553 e. The van der Waals surface area contributed by atoms with Crippen LogP contribution in [0.1, 0.15) is 12.8 Å². The van der Waals surface area contributed by atoms with Gasteiger partial charge in [0.15, 0.2) is 0 Å². The predicted molar refractivity (Wildman–Crippen MR) is 38.6 cm³/mol. The Morgan fingerprint density at radius 1 is 1.70 bits per heavy atom. The van der Waals surface area contributed by atoms with E-state index >= 15 is 0 Å². The molecule has 0 aromatic rings. The van der Waals surface area contributed by atoms with Crippen LogP contribution in [0.4, 0.5) is 0 Å². The number of hydrogen-bond donors (Lipinski definition) is 2. The Balaban J connectivity index is 2.32. The summed E-state index contributed by atoms with van der Waals surface area (Å²) in [5.74, 6) is 0. The van der Waals surface area contributed by atoms with Crippen LogP contribution in [0.25, 0.3) is 0 Å². The van der Waals surface area contributed by atoms with E-state index in [0.717, 1.165) is 12.8 Å². The number of ether oxygens (including phenoxy) is 1. The highest BCUT2D eigenvalue weighted by molar-refractivity contribution is 4.94. The lowest BCUT2D eigenvalue weighted by molar-refractivity contribution is -0.0677. The average molecular weight is 145 g/mol. The van der Waals surface area contributed by atoms with Crippen molar-refractivity contribution in [1.82, 2.24) is 0 Å². The van der Waals surface area contributed by atoms with Crippen molar-refractivity contribution < 1.29 is 9.84 Å². The molecule has 0 aliphatic heterocycles. The molecule has 1 rings (SSSR count). The summed E-state index contributed by atoms with van der Waals surface area (Å²) in [4.78, 5) is 0. The maximum atomic E-state index is 9.03. The first-order chi connectivity index (χ1) is 4.72. The largest absolute Gasteiger partial charge is 0.393 e. The molecule has 0 heterocycles. The summed E-state index contributed by atoms with van der Waals surface area (Å²) in [6.07, 6.45) is 1.47. The van der Waals surface area contributed by atoms with Crippen LogP contribution in [-0.2, 0) is 4.74 Å². The highest BCUT2D eigenvalue weighted by atomic mass is 16.5. The van der Waals surface area contributed by atoms with Crippen molar-refractivity contribution in [2.75, 3.05) is 20.3 Å². The minimum Gasteiger partial charge on any atom is -0.393 e. The van der Waals surface area contributed by atoms with Crippen LogP contribution < -0.4 is 5.73 Å². The molecule has 0 atom stereocenters. The molecule has 0 unspecified atom stereocenters. The van der Waals surface area contributed by atoms with Crippen LogP contribution in [0, 0.1) is 5.41 Å². The third kappa shape index (κ3) is 1.31. The van der Waals surface area contributed by atoms with Crippen molar-refractivity contribution in [2.24, 2.45) is 11.1 Å². The lowest BCUT2D eigenvalue weighted by Crippen LogP contribution is -2.49. The van der Waals surface area contributed by atoms with Crippen LogP contribution in [0.3, 0.4) is 0 Å². The van der Waals surface area contributed by atoms with Crippen LogP contribution in [0.5, 0.6) is 0 Å². The Morgan fingerprint density at radius 2 is 2.30 bits per heavy atom. The van der Waals surface area contributed by atoms with Gasteiger partial charge in [-0.3, -0.25) is 0 Å². The van der Waals surface area contributed by atoms with Crippen molar-refractivity contribution in [3.8, 4) is 0 Å². The van der Waals surface area contributed by atoms with Crippen LogP contribution >= 0.6 is 0 Å². The van der Waals surface area contributed by atoms with Gasteiger partial charge in [0.1, 0.15) is 0 Å². The van der Waals surface area contributed by atoms with E-state index in [1.807, 2.05) is 0 Å². The molecular formula is C7H15NO2. The molecule has 3 heteroatoms. The van der Waals surface area contributed by atoms with Crippen LogP contribution in [0.2, 0.25) is 0 Å². The Morgan fingerprint density at radius 3 is 2.60 bits per heavy atom. The molecule has 1 aliphatic rings. The van der Waals surface area contributed by atoms with Gasteiger partial charge in [-0.25, -0.2) is 0 Å². The zero-order valence-corrected chi connectivity index (χ0v) is 6.34. The Kier molecular flexibility index (Phi) is 2.28. The third-order valence-electron chi connectivity index (χ3n) is 2.22. The number of methoxy groups -OCH3 is 1. The number of aliphatic hydroxyl groups is 1. The maximum absolute atomic E-state index is 9.03. The van der Waals surface area contributed by atoms with Gasteiger partial charge in [0.05, 0.1) is 12.7 Å². The fraction of sp³-hybridized carbons (Fsp3) is 1.00. The Bertz CT molecular complexity index is 105. The number of hydrogen-bond acceptors (Lipinski definition) is 3. The van der Waals surface area contributed by atoms with Gasteiger partial charge in [0.25, 0.3) is 0 Å². The van der Waals surface area contributed by atoms with Crippen molar-refractivity contribution in [3.63, 3.8) is 0 Å². The molecule has 0 amide bonds. The van der Waals surface area contributed by atoms with Gasteiger partial charge in [-0.1, -0.05) is 0 Å². The first kappa shape index (κ1) is 7.98. The van der Waals surface area contributed by atoms with E-state index in [0.29, 0.717) is 13.2 Å². The van der Waals surface area contributed by atoms with Gasteiger partial charge in [0.2, 0.25) is 0 Å². The van der Waals surface area contributed by atoms with E-state index in [2.05, 4.69) is 0 Å². The average Bonchev–Trinajstić information content (AvgIpc) is 1.84. The summed E-state index contributed by atoms with van der Waals surface area (Å²) >= 11 is 0. The quantitative estimate of drug-likeness (QED) is 0.575. The second-order valence-electron chi connectivity index (χ2n) is 3.20. The van der Waals surface area contributed by atoms with Crippen molar-refractivity contribution in [2.45, 2.75) is 18.9 Å². The molecule has 0 saturated heterocycles. The highest BCUT2D eigenvalue weighted by Crippen LogP contribution is 2.40. The molecule has 0 aromatic heterocycles. The zero-order valence-electron chi connectivity index (χ0n) is 6.34. The van der Waals surface area contributed by atoms with Gasteiger partial charge < -0.3 is 15.6 Å². The molecular weight excluding hydrogens is 130 g/mol. The predicted octanol–water partition coefficient (Wildman–Crippen LogP) is -0.267. The van der Waals surface area contributed by atoms with Crippen molar-refractivity contribution >= 4 is 0 Å². The molecule has 3 N–H and O–H groups in total. The van der Waals surface area contributed by atoms with Gasteiger partial charge in [-0.05, 0) is 12.8 Å². The fourth-order valence-corrected chi connectivity index (χ4v) is 1.59. The molecule has 0 spiro atoms. The van der Waals surface area contributed by atoms with E-state index < -0.39 is 0 Å². The molecule has 0 aromatic carbocycles. The number of rotatable bonds is 3. The summed E-state index contributed by atoms with van der Waals surface area (Å²) in [6, 6.07) is 0. The van der Waals surface area contributed by atoms with E-state index in [-0.39, 0.29) is 11.5 Å². The van der Waals surface area contributed by atoms with Gasteiger partial charge in [-0.15, -0.1) is 0 Å². The first-order valence-electron chi connectivity index (χ1n) is 3.59. The molecule has 1 fully saturated rings. The molecule has 60 valence electrons. The van der Waals surface area contributed by atoms with E-state index in [4.69, 9.17) is 15.6 Å². The second-order valence-corrected chi connectivity index (χ2v) is 3.20.